The SMILES string of the molecule is CN(C)c1ccc([C@@H](CNC(=O)c2ccc(F)c(F)c2)[NH+]2CC[NH+](C)CC2)cc1. The van der Waals surface area contributed by atoms with Crippen molar-refractivity contribution in [3.63, 3.8) is 0 Å². The summed E-state index contributed by atoms with van der Waals surface area (Å²) < 4.78 is 26.6. The first-order valence-electron chi connectivity index (χ1n) is 10.0. The summed E-state index contributed by atoms with van der Waals surface area (Å²) in [6, 6.07) is 11.7. The minimum absolute atomic E-state index is 0.105. The summed E-state index contributed by atoms with van der Waals surface area (Å²) in [5.41, 5.74) is 2.41. The maximum absolute atomic E-state index is 13.5. The van der Waals surface area contributed by atoms with E-state index in [9.17, 15) is 13.6 Å². The Labute approximate surface area is 170 Å². The number of piperazine rings is 1. The van der Waals surface area contributed by atoms with Gasteiger partial charge in [-0.3, -0.25) is 4.79 Å². The van der Waals surface area contributed by atoms with Crippen molar-refractivity contribution >= 4 is 11.6 Å². The second kappa shape index (κ2) is 9.33. The number of carbonyl (C=O) groups is 1. The molecule has 0 saturated carbocycles. The van der Waals surface area contributed by atoms with Crippen LogP contribution in [0.1, 0.15) is 22.0 Å². The highest BCUT2D eigenvalue weighted by molar-refractivity contribution is 5.94. The number of nitrogens with zero attached hydrogens (tertiary/aromatic N) is 1. The van der Waals surface area contributed by atoms with Crippen LogP contribution in [0, 0.1) is 11.6 Å². The second-order valence-electron chi connectivity index (χ2n) is 7.99. The molecule has 5 nitrogen and oxygen atoms in total. The molecule has 29 heavy (non-hydrogen) atoms. The molecule has 2 aromatic rings. The summed E-state index contributed by atoms with van der Waals surface area (Å²) in [6.45, 7) is 4.64. The van der Waals surface area contributed by atoms with Gasteiger partial charge in [0.2, 0.25) is 0 Å². The normalized spacial score (nSPS) is 20.2. The molecule has 0 aromatic heterocycles. The fourth-order valence-electron chi connectivity index (χ4n) is 3.78. The van der Waals surface area contributed by atoms with Gasteiger partial charge in [-0.05, 0) is 30.3 Å². The van der Waals surface area contributed by atoms with E-state index in [-0.39, 0.29) is 11.6 Å². The smallest absolute Gasteiger partial charge is 0.251 e. The molecule has 1 atom stereocenters. The lowest BCUT2D eigenvalue weighted by atomic mass is 10.0. The predicted molar refractivity (Wildman–Crippen MR) is 110 cm³/mol. The van der Waals surface area contributed by atoms with Gasteiger partial charge >= 0.3 is 0 Å². The number of halogens is 2. The Bertz CT molecular complexity index is 833. The van der Waals surface area contributed by atoms with Crippen molar-refractivity contribution in [3.05, 3.63) is 65.2 Å². The van der Waals surface area contributed by atoms with E-state index < -0.39 is 17.5 Å². The van der Waals surface area contributed by atoms with Gasteiger partial charge in [-0.15, -0.1) is 0 Å². The number of benzene rings is 2. The third kappa shape index (κ3) is 5.31. The lowest BCUT2D eigenvalue weighted by Gasteiger charge is -2.33. The molecule has 0 unspecified atom stereocenters. The van der Waals surface area contributed by atoms with E-state index in [0.29, 0.717) is 6.54 Å². The zero-order chi connectivity index (χ0) is 21.0. The van der Waals surface area contributed by atoms with Crippen molar-refractivity contribution < 1.29 is 23.4 Å². The van der Waals surface area contributed by atoms with Crippen LogP contribution in [-0.4, -0.2) is 59.8 Å². The van der Waals surface area contributed by atoms with E-state index in [2.05, 4.69) is 41.5 Å². The van der Waals surface area contributed by atoms with Crippen molar-refractivity contribution in [2.45, 2.75) is 6.04 Å². The first-order chi connectivity index (χ1) is 13.8. The van der Waals surface area contributed by atoms with Gasteiger partial charge in [0.05, 0.1) is 13.6 Å². The third-order valence-electron chi connectivity index (χ3n) is 5.70. The average Bonchev–Trinajstić information content (AvgIpc) is 2.71. The van der Waals surface area contributed by atoms with Crippen LogP contribution in [0.2, 0.25) is 0 Å². The summed E-state index contributed by atoms with van der Waals surface area (Å²) >= 11 is 0. The average molecular weight is 405 g/mol. The molecule has 1 heterocycles. The van der Waals surface area contributed by atoms with Crippen LogP contribution >= 0.6 is 0 Å². The van der Waals surface area contributed by atoms with Gasteiger partial charge in [0.1, 0.15) is 32.2 Å². The Hall–Kier alpha value is -2.51. The van der Waals surface area contributed by atoms with Crippen LogP contribution in [0.5, 0.6) is 0 Å². The molecule has 3 N–H and O–H groups in total. The Morgan fingerprint density at radius 1 is 1.03 bits per heavy atom. The summed E-state index contributed by atoms with van der Waals surface area (Å²) in [6.07, 6.45) is 0. The number of quaternary nitrogens is 2. The molecular formula is C22H30F2N4O+2. The molecule has 2 aromatic carbocycles. The summed E-state index contributed by atoms with van der Waals surface area (Å²) in [5, 5.41) is 2.92. The lowest BCUT2D eigenvalue weighted by Crippen LogP contribution is -3.27. The number of hydrogen-bond acceptors (Lipinski definition) is 2. The number of carbonyl (C=O) groups excluding carboxylic acids is 1. The van der Waals surface area contributed by atoms with E-state index in [1.807, 2.05) is 14.1 Å². The minimum Gasteiger partial charge on any atom is -0.378 e. The molecule has 0 radical (unpaired) electrons. The predicted octanol–water partition coefficient (Wildman–Crippen LogP) is -0.0849. The fourth-order valence-corrected chi connectivity index (χ4v) is 3.78. The van der Waals surface area contributed by atoms with Crippen LogP contribution in [0.25, 0.3) is 0 Å². The molecule has 1 fully saturated rings. The Morgan fingerprint density at radius 3 is 2.28 bits per heavy atom. The molecule has 7 heteroatoms. The van der Waals surface area contributed by atoms with Gasteiger partial charge in [-0.1, -0.05) is 12.1 Å². The zero-order valence-electron chi connectivity index (χ0n) is 17.3. The Balaban J connectivity index is 1.75. The molecule has 1 saturated heterocycles. The first kappa shape index (κ1) is 21.2. The Kier molecular flexibility index (Phi) is 6.82. The number of amides is 1. The highest BCUT2D eigenvalue weighted by Gasteiger charge is 2.29. The molecule has 3 rings (SSSR count). The summed E-state index contributed by atoms with van der Waals surface area (Å²) in [5.74, 6) is -2.36. The van der Waals surface area contributed by atoms with Crippen LogP contribution in [-0.2, 0) is 0 Å². The van der Waals surface area contributed by atoms with Gasteiger partial charge in [0.25, 0.3) is 5.91 Å². The highest BCUT2D eigenvalue weighted by atomic mass is 19.2. The molecule has 1 amide bonds. The molecule has 0 bridgehead atoms. The van der Waals surface area contributed by atoms with Crippen molar-refractivity contribution in [1.29, 1.82) is 0 Å². The lowest BCUT2D eigenvalue weighted by molar-refractivity contribution is -1.02. The quantitative estimate of drug-likeness (QED) is 0.630. The largest absolute Gasteiger partial charge is 0.378 e. The molecule has 1 aliphatic rings. The maximum atomic E-state index is 13.5. The van der Waals surface area contributed by atoms with Crippen molar-refractivity contribution in [1.82, 2.24) is 5.32 Å². The van der Waals surface area contributed by atoms with Crippen molar-refractivity contribution in [2.24, 2.45) is 0 Å². The second-order valence-corrected chi connectivity index (χ2v) is 7.99. The van der Waals surface area contributed by atoms with Crippen LogP contribution in [0.4, 0.5) is 14.5 Å². The number of anilines is 1. The number of hydrogen-bond donors (Lipinski definition) is 3. The van der Waals surface area contributed by atoms with Gasteiger partial charge < -0.3 is 20.0 Å². The van der Waals surface area contributed by atoms with E-state index >= 15 is 0 Å². The molecule has 0 spiro atoms. The zero-order valence-corrected chi connectivity index (χ0v) is 17.3. The number of rotatable bonds is 6. The molecule has 156 valence electrons. The summed E-state index contributed by atoms with van der Waals surface area (Å²) in [4.78, 5) is 17.5. The van der Waals surface area contributed by atoms with Crippen molar-refractivity contribution in [3.8, 4) is 0 Å². The third-order valence-corrected chi connectivity index (χ3v) is 5.70. The van der Waals surface area contributed by atoms with Gasteiger partial charge in [0, 0.05) is 30.9 Å². The van der Waals surface area contributed by atoms with Gasteiger partial charge in [0.15, 0.2) is 11.6 Å². The monoisotopic (exact) mass is 404 g/mol. The minimum atomic E-state index is -1.01. The van der Waals surface area contributed by atoms with Crippen LogP contribution < -0.4 is 20.0 Å². The van der Waals surface area contributed by atoms with Gasteiger partial charge in [-0.25, -0.2) is 8.78 Å². The van der Waals surface area contributed by atoms with Crippen LogP contribution in [0.15, 0.2) is 42.5 Å². The van der Waals surface area contributed by atoms with Crippen LogP contribution in [0.3, 0.4) is 0 Å². The topological polar surface area (TPSA) is 41.2 Å². The van der Waals surface area contributed by atoms with Crippen molar-refractivity contribution in [2.75, 3.05) is 58.8 Å². The molecule has 0 aliphatic carbocycles. The number of nitrogens with one attached hydrogen (secondary N) is 3. The van der Waals surface area contributed by atoms with E-state index in [1.54, 1.807) is 0 Å². The molecule has 1 aliphatic heterocycles. The standard InChI is InChI=1S/C22H28F2N4O/c1-26(2)18-7-4-16(5-8-18)21(28-12-10-27(3)11-13-28)15-25-22(29)17-6-9-19(23)20(24)14-17/h4-9,14,21H,10-13,15H2,1-3H3,(H,25,29)/p+2/t21-/m1/s1. The maximum Gasteiger partial charge on any atom is 0.251 e. The summed E-state index contributed by atoms with van der Waals surface area (Å²) in [7, 11) is 6.20. The van der Waals surface area contributed by atoms with Gasteiger partial charge in [-0.2, -0.15) is 0 Å². The Morgan fingerprint density at radius 2 is 1.69 bits per heavy atom. The van der Waals surface area contributed by atoms with E-state index in [1.165, 1.54) is 15.9 Å². The highest BCUT2D eigenvalue weighted by Crippen LogP contribution is 2.16. The molecular weight excluding hydrogens is 374 g/mol. The van der Waals surface area contributed by atoms with E-state index in [0.717, 1.165) is 49.6 Å². The number of likely N-dealkylation sites (N-methyl/N-ethyl adjacent to an activating group) is 1. The first-order valence-corrected chi connectivity index (χ1v) is 10.0. The fraction of sp³-hybridized carbons (Fsp3) is 0.409. The van der Waals surface area contributed by atoms with E-state index in [4.69, 9.17) is 0 Å².